The van der Waals surface area contributed by atoms with Gasteiger partial charge < -0.3 is 20.1 Å². The fourth-order valence-electron chi connectivity index (χ4n) is 1.75. The highest BCUT2D eigenvalue weighted by molar-refractivity contribution is 8.01. The molecule has 1 aromatic heterocycles. The molecule has 1 heterocycles. The first-order chi connectivity index (χ1) is 12.0. The van der Waals surface area contributed by atoms with Gasteiger partial charge in [-0.25, -0.2) is 0 Å². The highest BCUT2D eigenvalue weighted by atomic mass is 32.2. The number of anilines is 2. The molecular weight excluding hydrogens is 364 g/mol. The van der Waals surface area contributed by atoms with Crippen molar-refractivity contribution in [2.24, 2.45) is 0 Å². The molecule has 0 fully saturated rings. The first-order valence-corrected chi connectivity index (χ1v) is 9.14. The van der Waals surface area contributed by atoms with Gasteiger partial charge >= 0.3 is 0 Å². The molecule has 0 aliphatic carbocycles. The molecule has 2 N–H and O–H groups in total. The van der Waals surface area contributed by atoms with E-state index in [0.29, 0.717) is 33.1 Å². The van der Waals surface area contributed by atoms with Gasteiger partial charge in [0, 0.05) is 12.5 Å². The lowest BCUT2D eigenvalue weighted by Gasteiger charge is -2.11. The summed E-state index contributed by atoms with van der Waals surface area (Å²) < 4.78 is 11.0. The number of thioether (sulfide) groups is 1. The van der Waals surface area contributed by atoms with Crippen LogP contribution in [0.25, 0.3) is 0 Å². The van der Waals surface area contributed by atoms with Gasteiger partial charge in [-0.05, 0) is 12.1 Å². The van der Waals surface area contributed by atoms with Gasteiger partial charge in [-0.3, -0.25) is 9.59 Å². The maximum atomic E-state index is 12.1. The summed E-state index contributed by atoms with van der Waals surface area (Å²) in [6.45, 7) is 1.75. The minimum absolute atomic E-state index is 0.129. The fraction of sp³-hybridized carbons (Fsp3) is 0.333. The summed E-state index contributed by atoms with van der Waals surface area (Å²) in [5, 5.41) is 13.6. The topological polar surface area (TPSA) is 102 Å². The second kappa shape index (κ2) is 9.23. The molecule has 2 rings (SSSR count). The Hall–Kier alpha value is -2.33. The highest BCUT2D eigenvalue weighted by Crippen LogP contribution is 2.30. The maximum absolute atomic E-state index is 12.1. The molecule has 134 valence electrons. The van der Waals surface area contributed by atoms with Gasteiger partial charge in [0.1, 0.15) is 11.5 Å². The van der Waals surface area contributed by atoms with Crippen molar-refractivity contribution < 1.29 is 19.1 Å². The predicted octanol–water partition coefficient (Wildman–Crippen LogP) is 2.63. The molecule has 0 aliphatic rings. The smallest absolute Gasteiger partial charge is 0.234 e. The predicted molar refractivity (Wildman–Crippen MR) is 97.7 cm³/mol. The molecule has 10 heteroatoms. The number of nitrogens with one attached hydrogen (secondary N) is 2. The first-order valence-electron chi connectivity index (χ1n) is 7.33. The molecule has 0 saturated carbocycles. The van der Waals surface area contributed by atoms with Gasteiger partial charge in [0.05, 0.1) is 25.7 Å². The number of aromatic nitrogens is 2. The molecule has 0 spiro atoms. The molecule has 0 atom stereocenters. The number of methoxy groups -OCH3 is 2. The van der Waals surface area contributed by atoms with Crippen molar-refractivity contribution in [2.45, 2.75) is 17.7 Å². The Kier molecular flexibility index (Phi) is 7.02. The highest BCUT2D eigenvalue weighted by Gasteiger charge is 2.12. The Bertz CT molecular complexity index is 751. The molecule has 8 nitrogen and oxygen atoms in total. The van der Waals surface area contributed by atoms with Crippen LogP contribution in [0.5, 0.6) is 11.5 Å². The summed E-state index contributed by atoms with van der Waals surface area (Å²) in [5.41, 5.74) is 0.528. The van der Waals surface area contributed by atoms with Crippen molar-refractivity contribution in [3.63, 3.8) is 0 Å². The number of hydrogen-bond acceptors (Lipinski definition) is 8. The van der Waals surface area contributed by atoms with Crippen LogP contribution in [0.15, 0.2) is 22.5 Å². The van der Waals surface area contributed by atoms with Crippen molar-refractivity contribution in [1.82, 2.24) is 10.2 Å². The first kappa shape index (κ1) is 19.0. The summed E-state index contributed by atoms with van der Waals surface area (Å²) in [6.07, 6.45) is 0.368. The Balaban J connectivity index is 1.92. The van der Waals surface area contributed by atoms with Crippen LogP contribution >= 0.6 is 23.1 Å². The summed E-state index contributed by atoms with van der Waals surface area (Å²) >= 11 is 2.46. The molecule has 0 unspecified atom stereocenters. The molecule has 2 aromatic rings. The van der Waals surface area contributed by atoms with Crippen LogP contribution in [0.2, 0.25) is 0 Å². The second-order valence-electron chi connectivity index (χ2n) is 4.68. The number of rotatable bonds is 8. The lowest BCUT2D eigenvalue weighted by atomic mass is 10.2. The number of nitrogens with zero attached hydrogens (tertiary/aromatic N) is 2. The number of amides is 2. The Morgan fingerprint density at radius 2 is 1.96 bits per heavy atom. The average molecular weight is 382 g/mol. The third-order valence-electron chi connectivity index (χ3n) is 2.98. The largest absolute Gasteiger partial charge is 0.497 e. The van der Waals surface area contributed by atoms with Crippen LogP contribution in [0.4, 0.5) is 10.8 Å². The van der Waals surface area contributed by atoms with E-state index in [-0.39, 0.29) is 17.6 Å². The lowest BCUT2D eigenvalue weighted by Crippen LogP contribution is -2.14. The van der Waals surface area contributed by atoms with Crippen LogP contribution in [0, 0.1) is 0 Å². The molecule has 0 bridgehead atoms. The van der Waals surface area contributed by atoms with E-state index >= 15 is 0 Å². The van der Waals surface area contributed by atoms with Crippen LogP contribution in [0.3, 0.4) is 0 Å². The average Bonchev–Trinajstić information content (AvgIpc) is 3.07. The van der Waals surface area contributed by atoms with Crippen molar-refractivity contribution in [2.75, 3.05) is 30.6 Å². The number of carbonyl (C=O) groups excluding carboxylic acids is 2. The number of hydrogen-bond donors (Lipinski definition) is 2. The van der Waals surface area contributed by atoms with E-state index in [0.717, 1.165) is 0 Å². The van der Waals surface area contributed by atoms with Crippen LogP contribution in [-0.2, 0) is 9.59 Å². The van der Waals surface area contributed by atoms with Crippen molar-refractivity contribution in [1.29, 1.82) is 0 Å². The summed E-state index contributed by atoms with van der Waals surface area (Å²) in [6, 6.07) is 5.15. The standard InChI is InChI=1S/C15H18N4O4S2/c1-4-12(20)17-14-18-19-15(25-14)24-8-13(21)16-10-7-9(22-2)5-6-11(10)23-3/h5-7H,4,8H2,1-3H3,(H,16,21)(H,17,18,20). The lowest BCUT2D eigenvalue weighted by molar-refractivity contribution is -0.116. The van der Waals surface area contributed by atoms with Crippen LogP contribution in [-0.4, -0.2) is 42.0 Å². The number of ether oxygens (including phenoxy) is 2. The van der Waals surface area contributed by atoms with E-state index < -0.39 is 0 Å². The molecular formula is C15H18N4O4S2. The minimum atomic E-state index is -0.217. The zero-order chi connectivity index (χ0) is 18.2. The van der Waals surface area contributed by atoms with Crippen molar-refractivity contribution in [3.05, 3.63) is 18.2 Å². The molecule has 2 amide bonds. The van der Waals surface area contributed by atoms with E-state index in [1.54, 1.807) is 32.2 Å². The molecule has 25 heavy (non-hydrogen) atoms. The Morgan fingerprint density at radius 3 is 2.64 bits per heavy atom. The summed E-state index contributed by atoms with van der Waals surface area (Å²) in [5.74, 6) is 0.960. The Morgan fingerprint density at radius 1 is 1.16 bits per heavy atom. The van der Waals surface area contributed by atoms with Gasteiger partial charge in [0.25, 0.3) is 0 Å². The van der Waals surface area contributed by atoms with Gasteiger partial charge in [-0.2, -0.15) is 0 Å². The van der Waals surface area contributed by atoms with Crippen LogP contribution < -0.4 is 20.1 Å². The monoisotopic (exact) mass is 382 g/mol. The molecule has 0 saturated heterocycles. The SMILES string of the molecule is CCC(=O)Nc1nnc(SCC(=O)Nc2cc(OC)ccc2OC)s1. The van der Waals surface area contributed by atoms with Gasteiger partial charge in [-0.15, -0.1) is 10.2 Å². The van der Waals surface area contributed by atoms with Gasteiger partial charge in [0.2, 0.25) is 16.9 Å². The number of carbonyl (C=O) groups is 2. The van der Waals surface area contributed by atoms with Gasteiger partial charge in [-0.1, -0.05) is 30.0 Å². The van der Waals surface area contributed by atoms with E-state index in [9.17, 15) is 9.59 Å². The summed E-state index contributed by atoms with van der Waals surface area (Å²) in [4.78, 5) is 23.5. The quantitative estimate of drug-likeness (QED) is 0.534. The maximum Gasteiger partial charge on any atom is 0.234 e. The zero-order valence-corrected chi connectivity index (χ0v) is 15.6. The van der Waals surface area contributed by atoms with Crippen LogP contribution in [0.1, 0.15) is 13.3 Å². The molecule has 1 aromatic carbocycles. The zero-order valence-electron chi connectivity index (χ0n) is 14.0. The normalized spacial score (nSPS) is 10.2. The fourth-order valence-corrected chi connectivity index (χ4v) is 3.32. The third-order valence-corrected chi connectivity index (χ3v) is 4.95. The van der Waals surface area contributed by atoms with E-state index in [1.165, 1.54) is 30.2 Å². The van der Waals surface area contributed by atoms with Gasteiger partial charge in [0.15, 0.2) is 4.34 Å². The van der Waals surface area contributed by atoms with E-state index in [4.69, 9.17) is 9.47 Å². The van der Waals surface area contributed by atoms with Crippen molar-refractivity contribution in [3.8, 4) is 11.5 Å². The molecule has 0 radical (unpaired) electrons. The molecule has 0 aliphatic heterocycles. The second-order valence-corrected chi connectivity index (χ2v) is 6.88. The van der Waals surface area contributed by atoms with E-state index in [2.05, 4.69) is 20.8 Å². The summed E-state index contributed by atoms with van der Waals surface area (Å²) in [7, 11) is 3.08. The van der Waals surface area contributed by atoms with Crippen molar-refractivity contribution >= 4 is 45.7 Å². The Labute approximate surface area is 153 Å². The third kappa shape index (κ3) is 5.61. The minimum Gasteiger partial charge on any atom is -0.497 e. The number of benzene rings is 1. The van der Waals surface area contributed by atoms with E-state index in [1.807, 2.05) is 0 Å².